The van der Waals surface area contributed by atoms with Crippen LogP contribution in [0.2, 0.25) is 0 Å². The molecule has 2 aromatic rings. The van der Waals surface area contributed by atoms with E-state index < -0.39 is 10.0 Å². The van der Waals surface area contributed by atoms with E-state index in [4.69, 9.17) is 0 Å². The highest BCUT2D eigenvalue weighted by Gasteiger charge is 2.15. The minimum absolute atomic E-state index is 0.129. The van der Waals surface area contributed by atoms with E-state index in [1.165, 1.54) is 29.2 Å². The van der Waals surface area contributed by atoms with Crippen LogP contribution in [0, 0.1) is 0 Å². The van der Waals surface area contributed by atoms with Gasteiger partial charge >= 0.3 is 0 Å². The third-order valence-electron chi connectivity index (χ3n) is 2.93. The van der Waals surface area contributed by atoms with Gasteiger partial charge in [-0.3, -0.25) is 4.79 Å². The molecule has 21 heavy (non-hydrogen) atoms. The summed E-state index contributed by atoms with van der Waals surface area (Å²) in [6, 6.07) is 9.45. The molecule has 2 N–H and O–H groups in total. The number of carbonyl (C=O) groups is 1. The van der Waals surface area contributed by atoms with Gasteiger partial charge in [-0.25, -0.2) is 13.1 Å². The fraction of sp³-hybridized carbons (Fsp3) is 0.214. The molecule has 0 saturated heterocycles. The second kappa shape index (κ2) is 6.11. The van der Waals surface area contributed by atoms with Gasteiger partial charge < -0.3 is 9.88 Å². The molecule has 0 saturated carbocycles. The van der Waals surface area contributed by atoms with Crippen LogP contribution in [0.15, 0.2) is 47.5 Å². The minimum atomic E-state index is -3.59. The maximum absolute atomic E-state index is 12.1. The van der Waals surface area contributed by atoms with Gasteiger partial charge in [-0.2, -0.15) is 0 Å². The Morgan fingerprint density at radius 3 is 2.38 bits per heavy atom. The lowest BCUT2D eigenvalue weighted by Crippen LogP contribution is -2.24. The van der Waals surface area contributed by atoms with Crippen molar-refractivity contribution < 1.29 is 13.2 Å². The van der Waals surface area contributed by atoms with Crippen molar-refractivity contribution in [1.82, 2.24) is 14.6 Å². The van der Waals surface area contributed by atoms with E-state index in [0.29, 0.717) is 5.56 Å². The number of nitrogens with zero attached hydrogens (tertiary/aromatic N) is 1. The monoisotopic (exact) mass is 307 g/mol. The highest BCUT2D eigenvalue weighted by Crippen LogP contribution is 2.12. The second-order valence-corrected chi connectivity index (χ2v) is 6.51. The number of aromatic amines is 1. The highest BCUT2D eigenvalue weighted by atomic mass is 32.2. The van der Waals surface area contributed by atoms with Crippen molar-refractivity contribution in [3.63, 3.8) is 0 Å². The first kappa shape index (κ1) is 15.3. The lowest BCUT2D eigenvalue weighted by Gasteiger charge is -2.11. The molecule has 2 rings (SSSR count). The van der Waals surface area contributed by atoms with Gasteiger partial charge in [0, 0.05) is 31.5 Å². The van der Waals surface area contributed by atoms with Crippen molar-refractivity contribution in [3.8, 4) is 0 Å². The summed E-state index contributed by atoms with van der Waals surface area (Å²) in [5, 5.41) is 0. The van der Waals surface area contributed by atoms with E-state index in [2.05, 4.69) is 9.71 Å². The summed E-state index contributed by atoms with van der Waals surface area (Å²) < 4.78 is 26.7. The predicted octanol–water partition coefficient (Wildman–Crippen LogP) is 1.19. The first-order valence-corrected chi connectivity index (χ1v) is 7.82. The van der Waals surface area contributed by atoms with E-state index in [1.54, 1.807) is 32.4 Å². The smallest absolute Gasteiger partial charge is 0.253 e. The summed E-state index contributed by atoms with van der Waals surface area (Å²) in [7, 11) is -0.306. The van der Waals surface area contributed by atoms with Crippen LogP contribution in [0.5, 0.6) is 0 Å². The van der Waals surface area contributed by atoms with Gasteiger partial charge in [0.2, 0.25) is 10.0 Å². The highest BCUT2D eigenvalue weighted by molar-refractivity contribution is 7.89. The van der Waals surface area contributed by atoms with Gasteiger partial charge in [-0.15, -0.1) is 0 Å². The number of sulfonamides is 1. The number of nitrogens with one attached hydrogen (secondary N) is 2. The molecule has 0 bridgehead atoms. The molecule has 0 fully saturated rings. The molecule has 1 aromatic heterocycles. The third-order valence-corrected chi connectivity index (χ3v) is 4.35. The molecule has 6 nitrogen and oxygen atoms in total. The van der Waals surface area contributed by atoms with Crippen LogP contribution >= 0.6 is 0 Å². The first-order valence-electron chi connectivity index (χ1n) is 6.34. The third kappa shape index (κ3) is 3.71. The number of rotatable bonds is 5. The minimum Gasteiger partial charge on any atom is -0.364 e. The molecule has 0 aliphatic carbocycles. The molecule has 0 aliphatic heterocycles. The molecule has 0 atom stereocenters. The number of H-pyrrole nitrogens is 1. The van der Waals surface area contributed by atoms with Crippen molar-refractivity contribution in [2.75, 3.05) is 14.1 Å². The van der Waals surface area contributed by atoms with Crippen LogP contribution in [-0.4, -0.2) is 38.3 Å². The molecular weight excluding hydrogens is 290 g/mol. The largest absolute Gasteiger partial charge is 0.364 e. The fourth-order valence-electron chi connectivity index (χ4n) is 1.77. The van der Waals surface area contributed by atoms with Crippen molar-refractivity contribution in [2.45, 2.75) is 11.4 Å². The van der Waals surface area contributed by atoms with E-state index >= 15 is 0 Å². The molecule has 1 aromatic carbocycles. The number of hydrogen-bond acceptors (Lipinski definition) is 3. The molecular formula is C14H17N3O3S. The quantitative estimate of drug-likeness (QED) is 0.870. The van der Waals surface area contributed by atoms with Crippen LogP contribution in [0.4, 0.5) is 0 Å². The predicted molar refractivity (Wildman–Crippen MR) is 79.3 cm³/mol. The normalized spacial score (nSPS) is 11.3. The second-order valence-electron chi connectivity index (χ2n) is 4.74. The van der Waals surface area contributed by atoms with Gasteiger partial charge in [0.05, 0.1) is 11.4 Å². The fourth-order valence-corrected chi connectivity index (χ4v) is 2.78. The molecule has 112 valence electrons. The summed E-state index contributed by atoms with van der Waals surface area (Å²) in [5.41, 5.74) is 1.22. The van der Waals surface area contributed by atoms with E-state index in [1.807, 2.05) is 0 Å². The van der Waals surface area contributed by atoms with Crippen LogP contribution in [0.25, 0.3) is 0 Å². The Kier molecular flexibility index (Phi) is 4.44. The van der Waals surface area contributed by atoms with Gasteiger partial charge in [-0.05, 0) is 36.4 Å². The van der Waals surface area contributed by atoms with Gasteiger partial charge in [-0.1, -0.05) is 0 Å². The maximum atomic E-state index is 12.1. The molecule has 0 unspecified atom stereocenters. The zero-order chi connectivity index (χ0) is 15.5. The number of amides is 1. The summed E-state index contributed by atoms with van der Waals surface area (Å²) in [6.07, 6.45) is 1.73. The van der Waals surface area contributed by atoms with Gasteiger partial charge in [0.1, 0.15) is 0 Å². The number of hydrogen-bond donors (Lipinski definition) is 2. The molecule has 0 radical (unpaired) electrons. The number of benzene rings is 1. The molecule has 7 heteroatoms. The summed E-state index contributed by atoms with van der Waals surface area (Å²) >= 11 is 0. The summed E-state index contributed by atoms with van der Waals surface area (Å²) in [6.45, 7) is 0.188. The van der Waals surface area contributed by atoms with Crippen LogP contribution in [0.1, 0.15) is 16.1 Å². The van der Waals surface area contributed by atoms with Crippen LogP contribution in [-0.2, 0) is 16.6 Å². The van der Waals surface area contributed by atoms with Crippen LogP contribution < -0.4 is 4.72 Å². The molecule has 0 aliphatic rings. The Morgan fingerprint density at radius 2 is 1.86 bits per heavy atom. The SMILES string of the molecule is CN(C)C(=O)c1ccc(S(=O)(=O)NCc2ccc[nH]2)cc1. The Bertz CT molecular complexity index is 704. The van der Waals surface area contributed by atoms with Crippen LogP contribution in [0.3, 0.4) is 0 Å². The Morgan fingerprint density at radius 1 is 1.19 bits per heavy atom. The molecule has 0 spiro atoms. The Balaban J connectivity index is 2.11. The number of carbonyl (C=O) groups excluding carboxylic acids is 1. The van der Waals surface area contributed by atoms with Crippen molar-refractivity contribution in [2.24, 2.45) is 0 Å². The number of aromatic nitrogens is 1. The van der Waals surface area contributed by atoms with E-state index in [0.717, 1.165) is 5.69 Å². The summed E-state index contributed by atoms with van der Waals surface area (Å²) in [5.74, 6) is -0.168. The standard InChI is InChI=1S/C14H17N3O3S/c1-17(2)14(18)11-5-7-13(8-6-11)21(19,20)16-10-12-4-3-9-15-12/h3-9,15-16H,10H2,1-2H3. The average molecular weight is 307 g/mol. The Labute approximate surface area is 123 Å². The van der Waals surface area contributed by atoms with E-state index in [-0.39, 0.29) is 17.3 Å². The molecule has 1 heterocycles. The van der Waals surface area contributed by atoms with Crippen molar-refractivity contribution >= 4 is 15.9 Å². The van der Waals surface area contributed by atoms with E-state index in [9.17, 15) is 13.2 Å². The van der Waals surface area contributed by atoms with Gasteiger partial charge in [0.15, 0.2) is 0 Å². The topological polar surface area (TPSA) is 82.3 Å². The zero-order valence-corrected chi connectivity index (χ0v) is 12.6. The summed E-state index contributed by atoms with van der Waals surface area (Å²) in [4.78, 5) is 16.2. The average Bonchev–Trinajstić information content (AvgIpc) is 2.98. The lowest BCUT2D eigenvalue weighted by molar-refractivity contribution is 0.0827. The zero-order valence-electron chi connectivity index (χ0n) is 11.8. The Hall–Kier alpha value is -2.12. The maximum Gasteiger partial charge on any atom is 0.253 e. The molecule has 1 amide bonds. The van der Waals surface area contributed by atoms with Crippen molar-refractivity contribution in [1.29, 1.82) is 0 Å². The van der Waals surface area contributed by atoms with Crippen molar-refractivity contribution in [3.05, 3.63) is 53.9 Å². The lowest BCUT2D eigenvalue weighted by atomic mass is 10.2. The van der Waals surface area contributed by atoms with Gasteiger partial charge in [0.25, 0.3) is 5.91 Å². The first-order chi connectivity index (χ1) is 9.90.